The first-order chi connectivity index (χ1) is 14.4. The van der Waals surface area contributed by atoms with Gasteiger partial charge >= 0.3 is 0 Å². The van der Waals surface area contributed by atoms with E-state index in [0.717, 1.165) is 47.9 Å². The van der Waals surface area contributed by atoms with Gasteiger partial charge in [0.05, 0.1) is 10.6 Å². The van der Waals surface area contributed by atoms with Crippen molar-refractivity contribution in [2.75, 3.05) is 0 Å². The highest BCUT2D eigenvalue weighted by molar-refractivity contribution is 7.89. The molecule has 0 atom stereocenters. The molecule has 0 saturated carbocycles. The van der Waals surface area contributed by atoms with Gasteiger partial charge in [0.2, 0.25) is 10.0 Å². The van der Waals surface area contributed by atoms with Crippen LogP contribution in [0.2, 0.25) is 0 Å². The summed E-state index contributed by atoms with van der Waals surface area (Å²) in [4.78, 5) is 12.7. The predicted octanol–water partition coefficient (Wildman–Crippen LogP) is 3.11. The van der Waals surface area contributed by atoms with Gasteiger partial charge in [0.1, 0.15) is 0 Å². The molecule has 1 N–H and O–H groups in total. The number of aryl methyl sites for hydroxylation is 2. The number of fused-ring (bicyclic) bond motifs is 1. The van der Waals surface area contributed by atoms with Gasteiger partial charge in [-0.25, -0.2) is 17.8 Å². The topological polar surface area (TPSA) is 81.1 Å². The van der Waals surface area contributed by atoms with E-state index in [0.29, 0.717) is 11.3 Å². The number of benzene rings is 2. The van der Waals surface area contributed by atoms with E-state index in [1.807, 2.05) is 36.4 Å². The highest BCUT2D eigenvalue weighted by Crippen LogP contribution is 2.30. The Morgan fingerprint density at radius 3 is 2.47 bits per heavy atom. The molecule has 0 fully saturated rings. The van der Waals surface area contributed by atoms with E-state index in [1.54, 1.807) is 26.1 Å². The summed E-state index contributed by atoms with van der Waals surface area (Å²) in [7, 11) is -2.06. The van der Waals surface area contributed by atoms with Gasteiger partial charge in [-0.1, -0.05) is 42.5 Å². The third-order valence-electron chi connectivity index (χ3n) is 5.62. The van der Waals surface area contributed by atoms with Gasteiger partial charge in [-0.05, 0) is 55.4 Å². The fourth-order valence-electron chi connectivity index (χ4n) is 3.97. The second-order valence-corrected chi connectivity index (χ2v) is 9.47. The Balaban J connectivity index is 1.74. The number of hydrogen-bond donors (Lipinski definition) is 1. The summed E-state index contributed by atoms with van der Waals surface area (Å²) in [5.74, 6) is 0. The first-order valence-corrected chi connectivity index (χ1v) is 11.6. The Bertz CT molecular complexity index is 1250. The van der Waals surface area contributed by atoms with Crippen LogP contribution in [0.4, 0.5) is 0 Å². The van der Waals surface area contributed by atoms with Crippen molar-refractivity contribution in [1.82, 2.24) is 14.5 Å². The Morgan fingerprint density at radius 1 is 1.03 bits per heavy atom. The van der Waals surface area contributed by atoms with Crippen molar-refractivity contribution >= 4 is 10.0 Å². The van der Waals surface area contributed by atoms with Crippen LogP contribution in [-0.2, 0) is 36.5 Å². The molecular formula is C23H25N3O3S. The van der Waals surface area contributed by atoms with Crippen molar-refractivity contribution < 1.29 is 8.42 Å². The van der Waals surface area contributed by atoms with Gasteiger partial charge in [-0.3, -0.25) is 4.79 Å². The van der Waals surface area contributed by atoms with Gasteiger partial charge < -0.3 is 0 Å². The minimum absolute atomic E-state index is 0.0575. The lowest BCUT2D eigenvalue weighted by Gasteiger charge is -2.20. The first kappa shape index (κ1) is 20.5. The van der Waals surface area contributed by atoms with Gasteiger partial charge in [0, 0.05) is 24.7 Å². The van der Waals surface area contributed by atoms with Gasteiger partial charge in [0.15, 0.2) is 0 Å². The van der Waals surface area contributed by atoms with Crippen LogP contribution in [-0.4, -0.2) is 18.2 Å². The fraction of sp³-hybridized carbons (Fsp3) is 0.304. The lowest BCUT2D eigenvalue weighted by Crippen LogP contribution is -2.28. The molecule has 0 spiro atoms. The molecule has 0 unspecified atom stereocenters. The monoisotopic (exact) mass is 423 g/mol. The molecular weight excluding hydrogens is 398 g/mol. The minimum atomic E-state index is -3.71. The average molecular weight is 424 g/mol. The maximum absolute atomic E-state index is 13.0. The third-order valence-corrected chi connectivity index (χ3v) is 7.16. The standard InChI is InChI=1S/C23H25N3O3S/c1-16-12-13-18(22-19-10-6-7-11-20(19)23(27)26(2)25-22)14-21(16)30(28,29)24-15-17-8-4-3-5-9-17/h3-5,8-9,12-14,24H,6-7,10-11,15H2,1-2H3. The quantitative estimate of drug-likeness (QED) is 0.684. The van der Waals surface area contributed by atoms with E-state index in [2.05, 4.69) is 9.82 Å². The normalized spacial score (nSPS) is 13.8. The van der Waals surface area contributed by atoms with Crippen molar-refractivity contribution in [2.45, 2.75) is 44.0 Å². The first-order valence-electron chi connectivity index (χ1n) is 10.1. The van der Waals surface area contributed by atoms with Gasteiger partial charge in [-0.2, -0.15) is 5.10 Å². The second kappa shape index (κ2) is 8.16. The van der Waals surface area contributed by atoms with Crippen molar-refractivity contribution in [3.05, 3.63) is 81.1 Å². The zero-order valence-corrected chi connectivity index (χ0v) is 18.0. The van der Waals surface area contributed by atoms with Crippen molar-refractivity contribution in [3.63, 3.8) is 0 Å². The number of nitrogens with zero attached hydrogens (tertiary/aromatic N) is 2. The van der Waals surface area contributed by atoms with Crippen LogP contribution < -0.4 is 10.3 Å². The third kappa shape index (κ3) is 3.95. The van der Waals surface area contributed by atoms with Crippen LogP contribution in [0.25, 0.3) is 11.3 Å². The molecule has 0 bridgehead atoms. The van der Waals surface area contributed by atoms with E-state index in [9.17, 15) is 13.2 Å². The summed E-state index contributed by atoms with van der Waals surface area (Å²) in [5, 5.41) is 4.49. The summed E-state index contributed by atoms with van der Waals surface area (Å²) in [5.41, 5.74) is 4.68. The van der Waals surface area contributed by atoms with E-state index in [1.165, 1.54) is 4.68 Å². The zero-order valence-electron chi connectivity index (χ0n) is 17.2. The number of hydrogen-bond acceptors (Lipinski definition) is 4. The summed E-state index contributed by atoms with van der Waals surface area (Å²) in [6, 6.07) is 14.8. The summed E-state index contributed by atoms with van der Waals surface area (Å²) in [6.07, 6.45) is 3.52. The van der Waals surface area contributed by atoms with Crippen LogP contribution >= 0.6 is 0 Å². The van der Waals surface area contributed by atoms with Crippen LogP contribution in [0.15, 0.2) is 58.2 Å². The zero-order chi connectivity index (χ0) is 21.3. The highest BCUT2D eigenvalue weighted by atomic mass is 32.2. The maximum atomic E-state index is 13.0. The molecule has 6 nitrogen and oxygen atoms in total. The number of sulfonamides is 1. The number of nitrogens with one attached hydrogen (secondary N) is 1. The van der Waals surface area contributed by atoms with Crippen molar-refractivity contribution in [1.29, 1.82) is 0 Å². The Hall–Kier alpha value is -2.77. The van der Waals surface area contributed by atoms with E-state index in [-0.39, 0.29) is 17.0 Å². The van der Waals surface area contributed by atoms with Gasteiger partial charge in [0.25, 0.3) is 5.56 Å². The second-order valence-electron chi connectivity index (χ2n) is 7.73. The molecule has 1 heterocycles. The number of aromatic nitrogens is 2. The van der Waals surface area contributed by atoms with Crippen molar-refractivity contribution in [2.24, 2.45) is 7.05 Å². The predicted molar refractivity (Wildman–Crippen MR) is 117 cm³/mol. The Morgan fingerprint density at radius 2 is 1.73 bits per heavy atom. The molecule has 156 valence electrons. The van der Waals surface area contributed by atoms with Crippen LogP contribution in [0.5, 0.6) is 0 Å². The molecule has 1 aliphatic carbocycles. The molecule has 7 heteroatoms. The SMILES string of the molecule is Cc1ccc(-c2nn(C)c(=O)c3c2CCCC3)cc1S(=O)(=O)NCc1ccccc1. The number of rotatable bonds is 5. The fourth-order valence-corrected chi connectivity index (χ4v) is 5.26. The molecule has 4 rings (SSSR count). The summed E-state index contributed by atoms with van der Waals surface area (Å²) >= 11 is 0. The molecule has 0 radical (unpaired) electrons. The minimum Gasteiger partial charge on any atom is -0.268 e. The molecule has 1 aliphatic rings. The molecule has 0 saturated heterocycles. The summed E-state index contributed by atoms with van der Waals surface area (Å²) < 4.78 is 30.1. The summed E-state index contributed by atoms with van der Waals surface area (Å²) in [6.45, 7) is 2.00. The largest absolute Gasteiger partial charge is 0.269 e. The molecule has 1 aromatic heterocycles. The van der Waals surface area contributed by atoms with Crippen LogP contribution in [0.3, 0.4) is 0 Å². The van der Waals surface area contributed by atoms with Crippen LogP contribution in [0.1, 0.15) is 35.1 Å². The Kier molecular flexibility index (Phi) is 5.58. The molecule has 3 aromatic rings. The molecule has 2 aromatic carbocycles. The van der Waals surface area contributed by atoms with E-state index >= 15 is 0 Å². The lowest BCUT2D eigenvalue weighted by molar-refractivity contribution is 0.580. The lowest BCUT2D eigenvalue weighted by atomic mass is 9.89. The molecule has 30 heavy (non-hydrogen) atoms. The molecule has 0 amide bonds. The van der Waals surface area contributed by atoms with Crippen LogP contribution in [0, 0.1) is 6.92 Å². The van der Waals surface area contributed by atoms with Crippen molar-refractivity contribution in [3.8, 4) is 11.3 Å². The maximum Gasteiger partial charge on any atom is 0.269 e. The smallest absolute Gasteiger partial charge is 0.268 e. The van der Waals surface area contributed by atoms with E-state index in [4.69, 9.17) is 0 Å². The average Bonchev–Trinajstić information content (AvgIpc) is 2.76. The van der Waals surface area contributed by atoms with E-state index < -0.39 is 10.0 Å². The Labute approximate surface area is 176 Å². The highest BCUT2D eigenvalue weighted by Gasteiger charge is 2.23. The van der Waals surface area contributed by atoms with Gasteiger partial charge in [-0.15, -0.1) is 0 Å². The molecule has 0 aliphatic heterocycles.